The van der Waals surface area contributed by atoms with Crippen LogP contribution in [0.15, 0.2) is 0 Å². The molecule has 0 bridgehead atoms. The Labute approximate surface area is 106 Å². The molecule has 2 atom stereocenters. The van der Waals surface area contributed by atoms with E-state index in [9.17, 15) is 9.59 Å². The number of carbonyl (C=O) groups excluding carboxylic acids is 1. The zero-order chi connectivity index (χ0) is 13.1. The summed E-state index contributed by atoms with van der Waals surface area (Å²) in [6, 6.07) is 0.255. The second-order valence-corrected chi connectivity index (χ2v) is 5.04. The van der Waals surface area contributed by atoms with Crippen molar-refractivity contribution in [3.05, 3.63) is 0 Å². The molecule has 2 saturated heterocycles. The predicted octanol–water partition coefficient (Wildman–Crippen LogP) is -0.360. The number of carboxylic acid groups (broad SMARTS) is 1. The number of aliphatic carboxylic acids is 1. The van der Waals surface area contributed by atoms with E-state index >= 15 is 0 Å². The molecule has 1 amide bonds. The molecule has 1 N–H and O–H groups in total. The van der Waals surface area contributed by atoms with Gasteiger partial charge in [0.2, 0.25) is 5.91 Å². The second-order valence-electron chi connectivity index (χ2n) is 5.04. The number of hydrogen-bond acceptors (Lipinski definition) is 4. The summed E-state index contributed by atoms with van der Waals surface area (Å²) in [7, 11) is 0. The molecule has 2 rings (SSSR count). The Morgan fingerprint density at radius 2 is 2.17 bits per heavy atom. The van der Waals surface area contributed by atoms with E-state index in [4.69, 9.17) is 9.84 Å². The van der Waals surface area contributed by atoms with Crippen molar-refractivity contribution in [2.24, 2.45) is 5.92 Å². The first-order valence-electron chi connectivity index (χ1n) is 6.40. The lowest BCUT2D eigenvalue weighted by Gasteiger charge is -2.34. The molecule has 6 heteroatoms. The van der Waals surface area contributed by atoms with Crippen LogP contribution in [0.4, 0.5) is 0 Å². The highest BCUT2D eigenvalue weighted by molar-refractivity contribution is 5.86. The van der Waals surface area contributed by atoms with Gasteiger partial charge in [-0.15, -0.1) is 0 Å². The standard InChI is InChI=1S/C12H20N2O4/c1-9(13-2-4-18-5-3-13)7-14-8-10(12(16)17)6-11(14)15/h9-10H,2-8H2,1H3,(H,16,17). The van der Waals surface area contributed by atoms with Crippen LogP contribution < -0.4 is 0 Å². The van der Waals surface area contributed by atoms with Gasteiger partial charge in [-0.3, -0.25) is 14.5 Å². The summed E-state index contributed by atoms with van der Waals surface area (Å²) in [6.45, 7) is 6.27. The minimum absolute atomic E-state index is 0.0393. The van der Waals surface area contributed by atoms with Crippen molar-refractivity contribution in [3.8, 4) is 0 Å². The van der Waals surface area contributed by atoms with Crippen LogP contribution in [0.3, 0.4) is 0 Å². The zero-order valence-electron chi connectivity index (χ0n) is 10.7. The van der Waals surface area contributed by atoms with Gasteiger partial charge in [0, 0.05) is 38.6 Å². The number of ether oxygens (including phenoxy) is 1. The number of likely N-dealkylation sites (tertiary alicyclic amines) is 1. The van der Waals surface area contributed by atoms with E-state index in [-0.39, 0.29) is 18.4 Å². The fourth-order valence-corrected chi connectivity index (χ4v) is 2.57. The van der Waals surface area contributed by atoms with E-state index in [1.165, 1.54) is 0 Å². The minimum atomic E-state index is -0.870. The molecule has 6 nitrogen and oxygen atoms in total. The summed E-state index contributed by atoms with van der Waals surface area (Å²) in [5, 5.41) is 8.93. The minimum Gasteiger partial charge on any atom is -0.481 e. The summed E-state index contributed by atoms with van der Waals surface area (Å²) >= 11 is 0. The normalized spacial score (nSPS) is 27.5. The lowest BCUT2D eigenvalue weighted by Crippen LogP contribution is -2.47. The van der Waals surface area contributed by atoms with E-state index < -0.39 is 11.9 Å². The SMILES string of the molecule is CC(CN1CC(C(=O)O)CC1=O)N1CCOCC1. The highest BCUT2D eigenvalue weighted by atomic mass is 16.5. The van der Waals surface area contributed by atoms with Crippen molar-refractivity contribution in [3.63, 3.8) is 0 Å². The first-order valence-corrected chi connectivity index (χ1v) is 6.40. The molecule has 0 aromatic heterocycles. The molecular weight excluding hydrogens is 236 g/mol. The number of rotatable bonds is 4. The molecule has 0 spiro atoms. The maximum absolute atomic E-state index is 11.7. The van der Waals surface area contributed by atoms with Crippen LogP contribution in [0.5, 0.6) is 0 Å². The van der Waals surface area contributed by atoms with Crippen LogP contribution in [0.25, 0.3) is 0 Å². The quantitative estimate of drug-likeness (QED) is 0.744. The van der Waals surface area contributed by atoms with Gasteiger partial charge in [0.05, 0.1) is 19.1 Å². The number of morpholine rings is 1. The first-order chi connectivity index (χ1) is 8.58. The topological polar surface area (TPSA) is 70.1 Å². The van der Waals surface area contributed by atoms with Crippen molar-refractivity contribution in [2.45, 2.75) is 19.4 Å². The Kier molecular flexibility index (Phi) is 4.19. The molecule has 0 aromatic rings. The molecule has 102 valence electrons. The maximum Gasteiger partial charge on any atom is 0.308 e. The van der Waals surface area contributed by atoms with Gasteiger partial charge in [-0.2, -0.15) is 0 Å². The zero-order valence-corrected chi connectivity index (χ0v) is 10.7. The van der Waals surface area contributed by atoms with E-state index in [0.717, 1.165) is 26.3 Å². The number of nitrogens with zero attached hydrogens (tertiary/aromatic N) is 2. The average molecular weight is 256 g/mol. The van der Waals surface area contributed by atoms with E-state index in [1.807, 2.05) is 0 Å². The largest absolute Gasteiger partial charge is 0.481 e. The van der Waals surface area contributed by atoms with Crippen molar-refractivity contribution < 1.29 is 19.4 Å². The molecule has 2 unspecified atom stereocenters. The summed E-state index contributed by atoms with van der Waals surface area (Å²) in [5.41, 5.74) is 0. The van der Waals surface area contributed by atoms with Crippen LogP contribution in [-0.2, 0) is 14.3 Å². The van der Waals surface area contributed by atoms with Gasteiger partial charge >= 0.3 is 5.97 Å². The van der Waals surface area contributed by atoms with Gasteiger partial charge in [0.25, 0.3) is 0 Å². The lowest BCUT2D eigenvalue weighted by molar-refractivity contribution is -0.141. The van der Waals surface area contributed by atoms with Crippen molar-refractivity contribution in [1.29, 1.82) is 0 Å². The monoisotopic (exact) mass is 256 g/mol. The number of carboxylic acids is 1. The molecule has 0 radical (unpaired) electrons. The Bertz CT molecular complexity index is 328. The van der Waals surface area contributed by atoms with Gasteiger partial charge in [-0.25, -0.2) is 0 Å². The number of carbonyl (C=O) groups is 2. The molecule has 2 fully saturated rings. The average Bonchev–Trinajstić information content (AvgIpc) is 2.72. The first kappa shape index (κ1) is 13.3. The van der Waals surface area contributed by atoms with Crippen LogP contribution in [0, 0.1) is 5.92 Å². The fraction of sp³-hybridized carbons (Fsp3) is 0.833. The van der Waals surface area contributed by atoms with Crippen LogP contribution in [0.1, 0.15) is 13.3 Å². The van der Waals surface area contributed by atoms with E-state index in [2.05, 4.69) is 11.8 Å². The van der Waals surface area contributed by atoms with Crippen molar-refractivity contribution >= 4 is 11.9 Å². The Balaban J connectivity index is 1.85. The summed E-state index contributed by atoms with van der Waals surface area (Å²) in [6.07, 6.45) is 0.144. The second kappa shape index (κ2) is 5.67. The van der Waals surface area contributed by atoms with Crippen molar-refractivity contribution in [2.75, 3.05) is 39.4 Å². The summed E-state index contributed by atoms with van der Waals surface area (Å²) in [5.74, 6) is -1.44. The molecule has 2 aliphatic rings. The van der Waals surface area contributed by atoms with Gasteiger partial charge < -0.3 is 14.7 Å². The highest BCUT2D eigenvalue weighted by Crippen LogP contribution is 2.19. The van der Waals surface area contributed by atoms with E-state index in [1.54, 1.807) is 4.90 Å². The number of hydrogen-bond donors (Lipinski definition) is 1. The number of amides is 1. The third-order valence-electron chi connectivity index (χ3n) is 3.72. The van der Waals surface area contributed by atoms with Crippen LogP contribution in [-0.4, -0.2) is 72.2 Å². The smallest absolute Gasteiger partial charge is 0.308 e. The predicted molar refractivity (Wildman–Crippen MR) is 64.2 cm³/mol. The van der Waals surface area contributed by atoms with Gasteiger partial charge in [0.15, 0.2) is 0 Å². The maximum atomic E-state index is 11.7. The Morgan fingerprint density at radius 1 is 1.50 bits per heavy atom. The van der Waals surface area contributed by atoms with Crippen molar-refractivity contribution in [1.82, 2.24) is 9.80 Å². The highest BCUT2D eigenvalue weighted by Gasteiger charge is 2.35. The van der Waals surface area contributed by atoms with Crippen LogP contribution in [0.2, 0.25) is 0 Å². The molecular formula is C12H20N2O4. The molecule has 18 heavy (non-hydrogen) atoms. The Morgan fingerprint density at radius 3 is 2.72 bits per heavy atom. The Hall–Kier alpha value is -1.14. The van der Waals surface area contributed by atoms with Gasteiger partial charge in [-0.1, -0.05) is 0 Å². The molecule has 2 aliphatic heterocycles. The molecule has 0 aromatic carbocycles. The summed E-state index contributed by atoms with van der Waals surface area (Å²) < 4.78 is 5.29. The third kappa shape index (κ3) is 3.00. The fourth-order valence-electron chi connectivity index (χ4n) is 2.57. The van der Waals surface area contributed by atoms with Crippen LogP contribution >= 0.6 is 0 Å². The van der Waals surface area contributed by atoms with Gasteiger partial charge in [0.1, 0.15) is 0 Å². The van der Waals surface area contributed by atoms with E-state index in [0.29, 0.717) is 13.1 Å². The lowest BCUT2D eigenvalue weighted by atomic mass is 10.1. The molecule has 2 heterocycles. The van der Waals surface area contributed by atoms with Gasteiger partial charge in [-0.05, 0) is 6.92 Å². The molecule has 0 aliphatic carbocycles. The third-order valence-corrected chi connectivity index (χ3v) is 3.72. The molecule has 0 saturated carbocycles. The summed E-state index contributed by atoms with van der Waals surface area (Å²) in [4.78, 5) is 26.6.